The van der Waals surface area contributed by atoms with Crippen molar-refractivity contribution in [3.63, 3.8) is 0 Å². The number of rotatable bonds is 6. The van der Waals surface area contributed by atoms with Crippen molar-refractivity contribution < 1.29 is 18.7 Å². The third kappa shape index (κ3) is 4.71. The van der Waals surface area contributed by atoms with Gasteiger partial charge in [-0.15, -0.1) is 0 Å². The van der Waals surface area contributed by atoms with Crippen molar-refractivity contribution in [2.45, 2.75) is 37.6 Å². The molecule has 4 rings (SSSR count). The van der Waals surface area contributed by atoms with Gasteiger partial charge < -0.3 is 14.8 Å². The first-order valence-corrected chi connectivity index (χ1v) is 12.7. The van der Waals surface area contributed by atoms with Crippen LogP contribution in [0.3, 0.4) is 0 Å². The highest BCUT2D eigenvalue weighted by molar-refractivity contribution is 8.25. The lowest BCUT2D eigenvalue weighted by atomic mass is 10.1. The summed E-state index contributed by atoms with van der Waals surface area (Å²) in [4.78, 5) is 40.0. The second-order valence-corrected chi connectivity index (χ2v) is 11.1. The van der Waals surface area contributed by atoms with E-state index >= 15 is 0 Å². The first-order chi connectivity index (χ1) is 15.3. The zero-order valence-corrected chi connectivity index (χ0v) is 19.1. The summed E-state index contributed by atoms with van der Waals surface area (Å²) in [7, 11) is -2.56. The van der Waals surface area contributed by atoms with Crippen LogP contribution in [0.25, 0.3) is 0 Å². The average molecular weight is 480 g/mol. The monoisotopic (exact) mass is 479 g/mol. The standard InChI is InChI=1S/C22H26ClN3O5S/c23-16-5-3-15(4-6-16)14-24-20(27)18-7-8-19-22(29)25(11-12-26(19)21(18)28)10-9-17-2-1-13-32(17,30)31/h3-8,17,30-31H,1-2,9-14H2,(H,24,27). The largest absolute Gasteiger partial charge is 0.348 e. The predicted molar refractivity (Wildman–Crippen MR) is 125 cm³/mol. The molecule has 1 unspecified atom stereocenters. The van der Waals surface area contributed by atoms with Crippen LogP contribution in [0.15, 0.2) is 41.2 Å². The van der Waals surface area contributed by atoms with Crippen LogP contribution in [-0.2, 0) is 13.1 Å². The Balaban J connectivity index is 1.42. The number of amides is 2. The molecule has 0 saturated carbocycles. The van der Waals surface area contributed by atoms with Crippen molar-refractivity contribution in [1.82, 2.24) is 14.8 Å². The zero-order valence-electron chi connectivity index (χ0n) is 17.5. The van der Waals surface area contributed by atoms with Crippen molar-refractivity contribution in [1.29, 1.82) is 0 Å². The van der Waals surface area contributed by atoms with Crippen LogP contribution in [-0.4, -0.2) is 54.5 Å². The molecule has 1 atom stereocenters. The Bertz CT molecular complexity index is 1090. The molecule has 0 bridgehead atoms. The maximum absolute atomic E-state index is 12.9. The number of nitrogens with one attached hydrogen (secondary N) is 1. The van der Waals surface area contributed by atoms with E-state index in [1.165, 1.54) is 16.7 Å². The number of benzene rings is 1. The Labute approximate surface area is 192 Å². The highest BCUT2D eigenvalue weighted by atomic mass is 35.5. The van der Waals surface area contributed by atoms with E-state index in [4.69, 9.17) is 11.6 Å². The van der Waals surface area contributed by atoms with E-state index in [9.17, 15) is 23.5 Å². The van der Waals surface area contributed by atoms with Gasteiger partial charge >= 0.3 is 0 Å². The van der Waals surface area contributed by atoms with E-state index in [2.05, 4.69) is 5.32 Å². The maximum atomic E-state index is 12.9. The summed E-state index contributed by atoms with van der Waals surface area (Å²) in [5, 5.41) is 3.15. The Morgan fingerprint density at radius 2 is 1.88 bits per heavy atom. The molecule has 2 aliphatic heterocycles. The molecule has 10 heteroatoms. The normalized spacial score (nSPS) is 20.7. The summed E-state index contributed by atoms with van der Waals surface area (Å²) in [6.07, 6.45) is 2.08. The fourth-order valence-corrected chi connectivity index (χ4v) is 6.33. The first kappa shape index (κ1) is 22.8. The van der Waals surface area contributed by atoms with Crippen LogP contribution in [0.4, 0.5) is 0 Å². The molecule has 3 heterocycles. The smallest absolute Gasteiger partial charge is 0.270 e. The number of nitrogens with zero attached hydrogens (tertiary/aromatic N) is 2. The molecular formula is C22H26ClN3O5S. The topological polar surface area (TPSA) is 112 Å². The maximum Gasteiger partial charge on any atom is 0.270 e. The minimum absolute atomic E-state index is 0.0103. The molecule has 8 nitrogen and oxygen atoms in total. The van der Waals surface area contributed by atoms with E-state index in [0.717, 1.165) is 18.4 Å². The highest BCUT2D eigenvalue weighted by Crippen LogP contribution is 2.53. The van der Waals surface area contributed by atoms with Gasteiger partial charge in [0.05, 0.1) is 5.25 Å². The fourth-order valence-electron chi connectivity index (χ4n) is 4.25. The van der Waals surface area contributed by atoms with Gasteiger partial charge in [0.25, 0.3) is 17.4 Å². The summed E-state index contributed by atoms with van der Waals surface area (Å²) in [6, 6.07) is 9.93. The van der Waals surface area contributed by atoms with Gasteiger partial charge in [-0.2, -0.15) is 10.6 Å². The molecule has 0 aliphatic carbocycles. The summed E-state index contributed by atoms with van der Waals surface area (Å²) < 4.78 is 21.5. The third-order valence-electron chi connectivity index (χ3n) is 6.11. The lowest BCUT2D eigenvalue weighted by molar-refractivity contribution is 0.0695. The van der Waals surface area contributed by atoms with E-state index in [1.54, 1.807) is 29.2 Å². The summed E-state index contributed by atoms with van der Waals surface area (Å²) >= 11 is 5.86. The molecule has 172 valence electrons. The van der Waals surface area contributed by atoms with Crippen LogP contribution in [0.2, 0.25) is 5.02 Å². The van der Waals surface area contributed by atoms with Crippen molar-refractivity contribution in [3.05, 3.63) is 68.6 Å². The van der Waals surface area contributed by atoms with Gasteiger partial charge in [-0.25, -0.2) is 0 Å². The fraction of sp³-hybridized carbons (Fsp3) is 0.409. The number of pyridine rings is 1. The molecule has 1 aromatic carbocycles. The molecule has 0 spiro atoms. The molecule has 32 heavy (non-hydrogen) atoms. The van der Waals surface area contributed by atoms with Gasteiger partial charge in [0.2, 0.25) is 0 Å². The van der Waals surface area contributed by atoms with Crippen LogP contribution in [0, 0.1) is 0 Å². The molecule has 2 aromatic rings. The van der Waals surface area contributed by atoms with Gasteiger partial charge in [0.1, 0.15) is 11.3 Å². The molecule has 2 amide bonds. The molecule has 1 saturated heterocycles. The van der Waals surface area contributed by atoms with Crippen LogP contribution in [0.1, 0.15) is 45.7 Å². The lowest BCUT2D eigenvalue weighted by Crippen LogP contribution is -2.46. The lowest BCUT2D eigenvalue weighted by Gasteiger charge is -2.36. The third-order valence-corrected chi connectivity index (χ3v) is 8.79. The molecule has 2 aliphatic rings. The van der Waals surface area contributed by atoms with Crippen LogP contribution >= 0.6 is 22.2 Å². The quantitative estimate of drug-likeness (QED) is 0.589. The number of carbonyl (C=O) groups excluding carboxylic acids is 2. The van der Waals surface area contributed by atoms with E-state index in [-0.39, 0.29) is 29.0 Å². The summed E-state index contributed by atoms with van der Waals surface area (Å²) in [6.45, 7) is 1.30. The van der Waals surface area contributed by atoms with E-state index in [1.807, 2.05) is 0 Å². The Morgan fingerprint density at radius 3 is 2.56 bits per heavy atom. The predicted octanol–water partition coefficient (Wildman–Crippen LogP) is 3.19. The van der Waals surface area contributed by atoms with Gasteiger partial charge in [-0.3, -0.25) is 23.5 Å². The van der Waals surface area contributed by atoms with Crippen LogP contribution in [0.5, 0.6) is 0 Å². The minimum Gasteiger partial charge on any atom is -0.348 e. The van der Waals surface area contributed by atoms with Crippen molar-refractivity contribution in [2.24, 2.45) is 0 Å². The molecule has 1 aromatic heterocycles. The highest BCUT2D eigenvalue weighted by Gasteiger charge is 2.33. The van der Waals surface area contributed by atoms with Gasteiger partial charge in [0, 0.05) is 37.0 Å². The van der Waals surface area contributed by atoms with Crippen molar-refractivity contribution >= 4 is 34.0 Å². The molecule has 0 radical (unpaired) electrons. The molecule has 1 fully saturated rings. The number of hydrogen-bond donors (Lipinski definition) is 3. The average Bonchev–Trinajstić information content (AvgIpc) is 3.11. The summed E-state index contributed by atoms with van der Waals surface area (Å²) in [5.74, 6) is -0.343. The van der Waals surface area contributed by atoms with Crippen molar-refractivity contribution in [2.75, 3.05) is 18.8 Å². The summed E-state index contributed by atoms with van der Waals surface area (Å²) in [5.41, 5.74) is 0.594. The zero-order chi connectivity index (χ0) is 22.9. The number of carbonyl (C=O) groups is 2. The SMILES string of the molecule is O=C(NCc1ccc(Cl)cc1)c1ccc2n(c1=O)CCN(CCC1CCCS1(O)O)C2=O. The molecular weight excluding hydrogens is 454 g/mol. The number of aromatic nitrogens is 1. The molecule has 3 N–H and O–H groups in total. The number of fused-ring (bicyclic) bond motifs is 1. The van der Waals surface area contributed by atoms with Gasteiger partial charge in [-0.05, 0) is 49.1 Å². The van der Waals surface area contributed by atoms with E-state index < -0.39 is 22.1 Å². The first-order valence-electron chi connectivity index (χ1n) is 10.6. The van der Waals surface area contributed by atoms with Gasteiger partial charge in [-0.1, -0.05) is 23.7 Å². The number of hydrogen-bond acceptors (Lipinski definition) is 5. The van der Waals surface area contributed by atoms with Gasteiger partial charge in [0.15, 0.2) is 0 Å². The van der Waals surface area contributed by atoms with Crippen LogP contribution < -0.4 is 10.9 Å². The Hall–Kier alpha value is -2.33. The Morgan fingerprint density at radius 1 is 1.12 bits per heavy atom. The second kappa shape index (κ2) is 9.27. The second-order valence-electron chi connectivity index (χ2n) is 8.16. The number of halogens is 1. The minimum atomic E-state index is -2.56. The van der Waals surface area contributed by atoms with Crippen molar-refractivity contribution in [3.8, 4) is 0 Å². The Kier molecular flexibility index (Phi) is 6.62. The van der Waals surface area contributed by atoms with E-state index in [0.29, 0.717) is 36.8 Å².